The van der Waals surface area contributed by atoms with E-state index in [0.29, 0.717) is 5.56 Å². The first kappa shape index (κ1) is 18.1. The quantitative estimate of drug-likeness (QED) is 0.658. The fourth-order valence-electron chi connectivity index (χ4n) is 3.35. The van der Waals surface area contributed by atoms with E-state index in [1.807, 2.05) is 0 Å². The molecule has 1 fully saturated rings. The number of rotatable bonds is 3. The Morgan fingerprint density at radius 1 is 1.17 bits per heavy atom. The largest absolute Gasteiger partial charge is 0.469 e. The lowest BCUT2D eigenvalue weighted by Gasteiger charge is -2.43. The molecule has 1 aliphatic rings. The van der Waals surface area contributed by atoms with Crippen molar-refractivity contribution in [1.82, 2.24) is 0 Å². The van der Waals surface area contributed by atoms with Crippen LogP contribution in [0.15, 0.2) is 24.3 Å². The predicted octanol–water partition coefficient (Wildman–Crippen LogP) is 1.21. The van der Waals surface area contributed by atoms with Gasteiger partial charge in [-0.05, 0) is 24.6 Å². The van der Waals surface area contributed by atoms with E-state index >= 15 is 0 Å². The maximum absolute atomic E-state index is 13.2. The van der Waals surface area contributed by atoms with Crippen molar-refractivity contribution in [2.75, 3.05) is 14.2 Å². The fraction of sp³-hybridized carbons (Fsp3) is 0.471. The molecule has 2 rings (SSSR count). The highest BCUT2D eigenvalue weighted by molar-refractivity contribution is 6.02. The molecule has 1 N–H and O–H groups in total. The molecule has 0 bridgehead atoms. The van der Waals surface area contributed by atoms with Gasteiger partial charge in [-0.2, -0.15) is 0 Å². The summed E-state index contributed by atoms with van der Waals surface area (Å²) >= 11 is 0. The lowest BCUT2D eigenvalue weighted by atomic mass is 9.62. The van der Waals surface area contributed by atoms with Gasteiger partial charge in [0.2, 0.25) is 0 Å². The molecule has 0 radical (unpaired) electrons. The second-order valence-corrected chi connectivity index (χ2v) is 6.08. The highest BCUT2D eigenvalue weighted by Gasteiger charge is 2.56. The number of aliphatic hydroxyl groups is 1. The summed E-state index contributed by atoms with van der Waals surface area (Å²) < 4.78 is 22.7. The van der Waals surface area contributed by atoms with Crippen LogP contribution < -0.4 is 0 Å². The molecular formula is C17H19FO6. The molecule has 0 amide bonds. The van der Waals surface area contributed by atoms with Crippen LogP contribution in [0.3, 0.4) is 0 Å². The summed E-state index contributed by atoms with van der Waals surface area (Å²) in [5.41, 5.74) is -1.33. The first-order chi connectivity index (χ1) is 11.2. The van der Waals surface area contributed by atoms with Crippen LogP contribution >= 0.6 is 0 Å². The Morgan fingerprint density at radius 2 is 1.71 bits per heavy atom. The van der Waals surface area contributed by atoms with Crippen LogP contribution in [0.5, 0.6) is 0 Å². The van der Waals surface area contributed by atoms with Gasteiger partial charge in [0.05, 0.1) is 25.7 Å². The van der Waals surface area contributed by atoms with E-state index in [2.05, 4.69) is 0 Å². The summed E-state index contributed by atoms with van der Waals surface area (Å²) in [5, 5.41) is 10.6. The van der Waals surface area contributed by atoms with Crippen LogP contribution in [0.4, 0.5) is 4.39 Å². The van der Waals surface area contributed by atoms with Crippen molar-refractivity contribution < 1.29 is 33.4 Å². The van der Waals surface area contributed by atoms with Crippen LogP contribution in [0.2, 0.25) is 0 Å². The van der Waals surface area contributed by atoms with Crippen LogP contribution in [0.25, 0.3) is 0 Å². The summed E-state index contributed by atoms with van der Waals surface area (Å²) in [6.07, 6.45) is -0.385. The Labute approximate surface area is 138 Å². The van der Waals surface area contributed by atoms with Crippen molar-refractivity contribution >= 4 is 17.7 Å². The highest BCUT2D eigenvalue weighted by atomic mass is 19.1. The molecule has 4 atom stereocenters. The van der Waals surface area contributed by atoms with Crippen LogP contribution in [-0.4, -0.2) is 42.6 Å². The van der Waals surface area contributed by atoms with Crippen molar-refractivity contribution in [3.05, 3.63) is 35.6 Å². The molecule has 0 unspecified atom stereocenters. The fourth-order valence-corrected chi connectivity index (χ4v) is 3.35. The minimum atomic E-state index is -1.70. The van der Waals surface area contributed by atoms with E-state index < -0.39 is 46.9 Å². The lowest BCUT2D eigenvalue weighted by molar-refractivity contribution is -0.170. The van der Waals surface area contributed by atoms with Crippen LogP contribution in [-0.2, 0) is 23.9 Å². The minimum Gasteiger partial charge on any atom is -0.469 e. The Hall–Kier alpha value is -2.28. The molecule has 0 aromatic heterocycles. The number of ketones is 1. The number of halogens is 1. The molecule has 0 spiro atoms. The van der Waals surface area contributed by atoms with E-state index in [1.54, 1.807) is 0 Å². The summed E-state index contributed by atoms with van der Waals surface area (Å²) in [4.78, 5) is 36.9. The average molecular weight is 338 g/mol. The number of esters is 2. The number of carbonyl (C=O) groups is 3. The number of hydrogen-bond acceptors (Lipinski definition) is 6. The standard InChI is InChI=1S/C17H19FO6/c1-17(22)8-11(19)13(15(20)23-2)12(14(17)16(21)24-3)9-4-6-10(18)7-5-9/h4-7,12-14,22H,8H2,1-3H3/t12-,13+,14+,17+/m0/s1. The van der Waals surface area contributed by atoms with Gasteiger partial charge >= 0.3 is 11.9 Å². The normalized spacial score (nSPS) is 29.9. The monoisotopic (exact) mass is 338 g/mol. The number of carbonyl (C=O) groups excluding carboxylic acids is 3. The third kappa shape index (κ3) is 3.17. The Balaban J connectivity index is 2.63. The smallest absolute Gasteiger partial charge is 0.316 e. The van der Waals surface area contributed by atoms with Gasteiger partial charge in [-0.25, -0.2) is 4.39 Å². The maximum atomic E-state index is 13.2. The van der Waals surface area contributed by atoms with Crippen LogP contribution in [0, 0.1) is 17.7 Å². The molecular weight excluding hydrogens is 319 g/mol. The summed E-state index contributed by atoms with van der Waals surface area (Å²) in [6.45, 7) is 1.34. The maximum Gasteiger partial charge on any atom is 0.316 e. The van der Waals surface area contributed by atoms with E-state index in [9.17, 15) is 23.9 Å². The van der Waals surface area contributed by atoms with Gasteiger partial charge in [0, 0.05) is 12.3 Å². The number of methoxy groups -OCH3 is 2. The highest BCUT2D eigenvalue weighted by Crippen LogP contribution is 2.46. The van der Waals surface area contributed by atoms with Gasteiger partial charge < -0.3 is 14.6 Å². The van der Waals surface area contributed by atoms with Gasteiger partial charge in [0.15, 0.2) is 5.78 Å². The van der Waals surface area contributed by atoms with Crippen LogP contribution in [0.1, 0.15) is 24.8 Å². The van der Waals surface area contributed by atoms with E-state index in [0.717, 1.165) is 26.4 Å². The first-order valence-electron chi connectivity index (χ1n) is 7.39. The second kappa shape index (κ2) is 6.68. The van der Waals surface area contributed by atoms with Gasteiger partial charge in [-0.1, -0.05) is 12.1 Å². The zero-order valence-electron chi connectivity index (χ0n) is 13.6. The number of ether oxygens (including phenoxy) is 2. The summed E-state index contributed by atoms with van der Waals surface area (Å²) in [6, 6.07) is 5.07. The molecule has 1 aliphatic carbocycles. The molecule has 0 heterocycles. The van der Waals surface area contributed by atoms with E-state index in [4.69, 9.17) is 9.47 Å². The Bertz CT molecular complexity index is 652. The molecule has 1 aromatic carbocycles. The molecule has 130 valence electrons. The van der Waals surface area contributed by atoms with Crippen molar-refractivity contribution in [2.24, 2.45) is 11.8 Å². The Kier molecular flexibility index (Phi) is 5.03. The van der Waals surface area contributed by atoms with Crippen molar-refractivity contribution in [3.63, 3.8) is 0 Å². The minimum absolute atomic E-state index is 0.371. The van der Waals surface area contributed by atoms with Crippen molar-refractivity contribution in [3.8, 4) is 0 Å². The molecule has 24 heavy (non-hydrogen) atoms. The lowest BCUT2D eigenvalue weighted by Crippen LogP contribution is -2.55. The van der Waals surface area contributed by atoms with Gasteiger partial charge in [0.25, 0.3) is 0 Å². The number of Topliss-reactive ketones (excluding diaryl/α,β-unsaturated/α-hetero) is 1. The number of hydrogen-bond donors (Lipinski definition) is 1. The zero-order valence-corrected chi connectivity index (χ0v) is 13.6. The Morgan fingerprint density at radius 3 is 2.21 bits per heavy atom. The third-order valence-electron chi connectivity index (χ3n) is 4.43. The van der Waals surface area contributed by atoms with Gasteiger partial charge in [0.1, 0.15) is 11.7 Å². The predicted molar refractivity (Wildman–Crippen MR) is 80.4 cm³/mol. The first-order valence-corrected chi connectivity index (χ1v) is 7.39. The average Bonchev–Trinajstić information content (AvgIpc) is 2.53. The molecule has 0 aliphatic heterocycles. The zero-order chi connectivity index (χ0) is 18.1. The van der Waals surface area contributed by atoms with Gasteiger partial charge in [-0.3, -0.25) is 14.4 Å². The molecule has 7 heteroatoms. The van der Waals surface area contributed by atoms with Gasteiger partial charge in [-0.15, -0.1) is 0 Å². The summed E-state index contributed by atoms with van der Waals surface area (Å²) in [5.74, 6) is -6.06. The van der Waals surface area contributed by atoms with Crippen molar-refractivity contribution in [1.29, 1.82) is 0 Å². The molecule has 1 saturated carbocycles. The third-order valence-corrected chi connectivity index (χ3v) is 4.43. The molecule has 6 nitrogen and oxygen atoms in total. The van der Waals surface area contributed by atoms with E-state index in [-0.39, 0.29) is 6.42 Å². The van der Waals surface area contributed by atoms with Crippen molar-refractivity contribution in [2.45, 2.75) is 24.9 Å². The second-order valence-electron chi connectivity index (χ2n) is 6.08. The topological polar surface area (TPSA) is 89.9 Å². The molecule has 0 saturated heterocycles. The molecule has 1 aromatic rings. The number of benzene rings is 1. The SMILES string of the molecule is COC(=O)[C@@H]1C(=O)C[C@@](C)(O)[C@@H](C(=O)OC)[C@H]1c1ccc(F)cc1. The van der Waals surface area contributed by atoms with E-state index in [1.165, 1.54) is 19.1 Å². The summed E-state index contributed by atoms with van der Waals surface area (Å²) in [7, 11) is 2.29.